The van der Waals surface area contributed by atoms with E-state index in [2.05, 4.69) is 32.4 Å². The van der Waals surface area contributed by atoms with Gasteiger partial charge in [-0.3, -0.25) is 9.79 Å². The fourth-order valence-electron chi connectivity index (χ4n) is 4.33. The SMILES string of the molecule is Nc1cc[nH]c(=O)c1-c1nc2c(Cc3ccc(Cl)c(CCCO)c3)cc(C3=NCCN3)cc2[nH]1. The largest absolute Gasteiger partial charge is 0.398 e. The summed E-state index contributed by atoms with van der Waals surface area (Å²) in [6, 6.07) is 11.7. The van der Waals surface area contributed by atoms with Gasteiger partial charge in [0.1, 0.15) is 17.2 Å². The summed E-state index contributed by atoms with van der Waals surface area (Å²) in [6.07, 6.45) is 3.50. The minimum absolute atomic E-state index is 0.121. The summed E-state index contributed by atoms with van der Waals surface area (Å²) in [5, 5.41) is 13.2. The maximum absolute atomic E-state index is 12.5. The molecule has 4 aromatic rings. The average molecular weight is 477 g/mol. The Bertz CT molecular complexity index is 1460. The van der Waals surface area contributed by atoms with E-state index >= 15 is 0 Å². The molecule has 0 spiro atoms. The second-order valence-electron chi connectivity index (χ2n) is 8.34. The number of imidazole rings is 1. The summed E-state index contributed by atoms with van der Waals surface area (Å²) in [5.74, 6) is 1.27. The minimum atomic E-state index is -0.297. The molecule has 3 heterocycles. The number of aromatic amines is 2. The molecule has 34 heavy (non-hydrogen) atoms. The number of fused-ring (bicyclic) bond motifs is 1. The number of nitrogen functional groups attached to an aromatic ring is 1. The lowest BCUT2D eigenvalue weighted by molar-refractivity contribution is 0.288. The second-order valence-corrected chi connectivity index (χ2v) is 8.75. The number of H-pyrrole nitrogens is 2. The molecule has 0 bridgehead atoms. The highest BCUT2D eigenvalue weighted by molar-refractivity contribution is 6.31. The molecule has 1 aliphatic rings. The van der Waals surface area contributed by atoms with E-state index in [1.54, 1.807) is 6.07 Å². The molecule has 0 unspecified atom stereocenters. The molecule has 8 nitrogen and oxygen atoms in total. The molecule has 9 heteroatoms. The van der Waals surface area contributed by atoms with E-state index in [1.807, 2.05) is 18.2 Å². The Hall–Kier alpha value is -3.62. The van der Waals surface area contributed by atoms with E-state index < -0.39 is 0 Å². The van der Waals surface area contributed by atoms with Crippen LogP contribution in [0.25, 0.3) is 22.4 Å². The quantitative estimate of drug-likeness (QED) is 0.279. The normalized spacial score (nSPS) is 13.3. The standard InChI is InChI=1S/C25H25ClN6O2/c26-18-4-3-14(10-15(18)2-1-9-33)11-16-12-17(23-28-7-8-29-23)13-20-22(16)32-24(31-20)21-19(27)5-6-30-25(21)34/h3-6,10,12-13,33H,1-2,7-9,11H2,(H,28,29)(H,31,32)(H3,27,30,34). The van der Waals surface area contributed by atoms with Gasteiger partial charge in [0, 0.05) is 35.6 Å². The van der Waals surface area contributed by atoms with Gasteiger partial charge in [0.15, 0.2) is 0 Å². The van der Waals surface area contributed by atoms with Crippen LogP contribution in [0.2, 0.25) is 5.02 Å². The summed E-state index contributed by atoms with van der Waals surface area (Å²) >= 11 is 6.37. The predicted octanol–water partition coefficient (Wildman–Crippen LogP) is 3.02. The summed E-state index contributed by atoms with van der Waals surface area (Å²) in [7, 11) is 0. The van der Waals surface area contributed by atoms with E-state index in [0.29, 0.717) is 41.4 Å². The first-order chi connectivity index (χ1) is 16.5. The number of aliphatic imine (C=N–C) groups is 1. The Balaban J connectivity index is 1.62. The Kier molecular flexibility index (Phi) is 6.08. The highest BCUT2D eigenvalue weighted by Gasteiger charge is 2.18. The molecular formula is C25H25ClN6O2. The number of aliphatic hydroxyl groups excluding tert-OH is 1. The highest BCUT2D eigenvalue weighted by atomic mass is 35.5. The van der Waals surface area contributed by atoms with Crippen molar-refractivity contribution >= 4 is 34.2 Å². The fraction of sp³-hybridized carbons (Fsp3) is 0.240. The van der Waals surface area contributed by atoms with Crippen LogP contribution in [-0.2, 0) is 12.8 Å². The van der Waals surface area contributed by atoms with Gasteiger partial charge in [-0.05, 0) is 60.2 Å². The maximum atomic E-state index is 12.5. The molecular weight excluding hydrogens is 452 g/mol. The van der Waals surface area contributed by atoms with Crippen LogP contribution in [0.1, 0.15) is 28.7 Å². The fourth-order valence-corrected chi connectivity index (χ4v) is 4.54. The minimum Gasteiger partial charge on any atom is -0.398 e. The van der Waals surface area contributed by atoms with E-state index in [-0.39, 0.29) is 12.2 Å². The van der Waals surface area contributed by atoms with Gasteiger partial charge in [-0.15, -0.1) is 0 Å². The van der Waals surface area contributed by atoms with Crippen molar-refractivity contribution in [3.05, 3.63) is 80.2 Å². The van der Waals surface area contributed by atoms with Crippen LogP contribution in [-0.4, -0.2) is 45.6 Å². The van der Waals surface area contributed by atoms with Crippen LogP contribution >= 0.6 is 11.6 Å². The number of anilines is 1. The van der Waals surface area contributed by atoms with Gasteiger partial charge in [0.25, 0.3) is 5.56 Å². The molecule has 6 N–H and O–H groups in total. The Morgan fingerprint density at radius 1 is 1.15 bits per heavy atom. The number of aryl methyl sites for hydroxylation is 1. The van der Waals surface area contributed by atoms with E-state index in [1.165, 1.54) is 6.20 Å². The van der Waals surface area contributed by atoms with Gasteiger partial charge >= 0.3 is 0 Å². The lowest BCUT2D eigenvalue weighted by Gasteiger charge is -2.10. The van der Waals surface area contributed by atoms with E-state index in [0.717, 1.165) is 52.2 Å². The lowest BCUT2D eigenvalue weighted by Crippen LogP contribution is -2.19. The summed E-state index contributed by atoms with van der Waals surface area (Å²) in [6.45, 7) is 1.66. The highest BCUT2D eigenvalue weighted by Crippen LogP contribution is 2.28. The zero-order chi connectivity index (χ0) is 23.7. The first kappa shape index (κ1) is 22.2. The number of nitrogens with one attached hydrogen (secondary N) is 3. The van der Waals surface area contributed by atoms with Crippen molar-refractivity contribution in [3.63, 3.8) is 0 Å². The van der Waals surface area contributed by atoms with Crippen molar-refractivity contribution in [1.82, 2.24) is 20.3 Å². The Morgan fingerprint density at radius 3 is 2.79 bits per heavy atom. The van der Waals surface area contributed by atoms with Crippen LogP contribution < -0.4 is 16.6 Å². The van der Waals surface area contributed by atoms with E-state index in [4.69, 9.17) is 22.3 Å². The smallest absolute Gasteiger partial charge is 0.261 e. The van der Waals surface area contributed by atoms with Crippen molar-refractivity contribution in [2.24, 2.45) is 4.99 Å². The van der Waals surface area contributed by atoms with Gasteiger partial charge in [-0.2, -0.15) is 0 Å². The van der Waals surface area contributed by atoms with Gasteiger partial charge in [-0.1, -0.05) is 23.7 Å². The third-order valence-corrected chi connectivity index (χ3v) is 6.32. The zero-order valence-electron chi connectivity index (χ0n) is 18.5. The molecule has 0 aliphatic carbocycles. The van der Waals surface area contributed by atoms with Gasteiger partial charge in [0.2, 0.25) is 0 Å². The first-order valence-electron chi connectivity index (χ1n) is 11.2. The number of aliphatic hydroxyl groups is 1. The van der Waals surface area contributed by atoms with Crippen LogP contribution in [0.3, 0.4) is 0 Å². The number of hydrogen-bond acceptors (Lipinski definition) is 6. The van der Waals surface area contributed by atoms with Gasteiger partial charge < -0.3 is 26.1 Å². The summed E-state index contributed by atoms with van der Waals surface area (Å²) < 4.78 is 0. The number of benzene rings is 2. The third-order valence-electron chi connectivity index (χ3n) is 5.95. The molecule has 5 rings (SSSR count). The number of pyridine rings is 1. The molecule has 0 amide bonds. The van der Waals surface area contributed by atoms with Crippen molar-refractivity contribution < 1.29 is 5.11 Å². The lowest BCUT2D eigenvalue weighted by atomic mass is 9.98. The second kappa shape index (κ2) is 9.32. The molecule has 1 aliphatic heterocycles. The topological polar surface area (TPSA) is 132 Å². The van der Waals surface area contributed by atoms with Crippen molar-refractivity contribution in [3.8, 4) is 11.4 Å². The predicted molar refractivity (Wildman–Crippen MR) is 136 cm³/mol. The van der Waals surface area contributed by atoms with Crippen molar-refractivity contribution in [2.45, 2.75) is 19.3 Å². The molecule has 2 aromatic heterocycles. The van der Waals surface area contributed by atoms with Crippen LogP contribution in [0, 0.1) is 0 Å². The Morgan fingerprint density at radius 2 is 2.03 bits per heavy atom. The van der Waals surface area contributed by atoms with Crippen LogP contribution in [0.5, 0.6) is 0 Å². The molecule has 0 saturated carbocycles. The number of aromatic nitrogens is 3. The summed E-state index contributed by atoms with van der Waals surface area (Å²) in [4.78, 5) is 27.8. The summed E-state index contributed by atoms with van der Waals surface area (Å²) in [5.41, 5.74) is 12.1. The molecule has 0 radical (unpaired) electrons. The number of rotatable bonds is 7. The van der Waals surface area contributed by atoms with Crippen molar-refractivity contribution in [1.29, 1.82) is 0 Å². The number of halogens is 1. The maximum Gasteiger partial charge on any atom is 0.261 e. The zero-order valence-corrected chi connectivity index (χ0v) is 19.2. The molecule has 2 aromatic carbocycles. The van der Waals surface area contributed by atoms with Gasteiger partial charge in [-0.25, -0.2) is 4.98 Å². The monoisotopic (exact) mass is 476 g/mol. The average Bonchev–Trinajstić information content (AvgIpc) is 3.49. The number of hydrogen-bond donors (Lipinski definition) is 5. The molecule has 0 saturated heterocycles. The van der Waals surface area contributed by atoms with Gasteiger partial charge in [0.05, 0.1) is 17.6 Å². The van der Waals surface area contributed by atoms with E-state index in [9.17, 15) is 9.90 Å². The third kappa shape index (κ3) is 4.30. The van der Waals surface area contributed by atoms with Crippen LogP contribution in [0.4, 0.5) is 5.69 Å². The number of nitrogens with zero attached hydrogens (tertiary/aromatic N) is 2. The molecule has 0 fully saturated rings. The first-order valence-corrected chi connectivity index (χ1v) is 11.6. The number of nitrogens with two attached hydrogens (primary N) is 1. The Labute approximate surface area is 200 Å². The van der Waals surface area contributed by atoms with Crippen molar-refractivity contribution in [2.75, 3.05) is 25.4 Å². The van der Waals surface area contributed by atoms with Crippen LogP contribution in [0.15, 0.2) is 52.4 Å². The molecule has 174 valence electrons. The number of amidine groups is 1. The molecule has 0 atom stereocenters.